The number of aromatic nitrogens is 2. The molecule has 30 heavy (non-hydrogen) atoms. The van der Waals surface area contributed by atoms with Crippen molar-refractivity contribution in [3.8, 4) is 11.4 Å². The molecule has 0 saturated carbocycles. The Bertz CT molecular complexity index is 1050. The molecule has 1 aromatic heterocycles. The average molecular weight is 445 g/mol. The number of hydrogen-bond acceptors (Lipinski definition) is 5. The van der Waals surface area contributed by atoms with Gasteiger partial charge in [0.2, 0.25) is 17.6 Å². The Morgan fingerprint density at radius 2 is 1.97 bits per heavy atom. The predicted molar refractivity (Wildman–Crippen MR) is 118 cm³/mol. The molecule has 0 unspecified atom stereocenters. The molecular weight excluding hydrogens is 423 g/mol. The summed E-state index contributed by atoms with van der Waals surface area (Å²) in [5.74, 6) is 1.10. The first-order valence-electron chi connectivity index (χ1n) is 9.86. The molecule has 8 heteroatoms. The number of piperidine rings is 1. The third-order valence-electron chi connectivity index (χ3n) is 5.39. The van der Waals surface area contributed by atoms with Crippen LogP contribution in [0.15, 0.2) is 47.0 Å². The Kier molecular flexibility index (Phi) is 6.37. The normalized spacial score (nSPS) is 15.3. The minimum absolute atomic E-state index is 0.0238. The Hall–Kier alpha value is -2.41. The summed E-state index contributed by atoms with van der Waals surface area (Å²) in [6, 6.07) is 12.9. The van der Waals surface area contributed by atoms with Gasteiger partial charge in [-0.05, 0) is 62.7 Å². The first kappa shape index (κ1) is 20.8. The van der Waals surface area contributed by atoms with E-state index in [-0.39, 0.29) is 11.8 Å². The van der Waals surface area contributed by atoms with Gasteiger partial charge >= 0.3 is 0 Å². The lowest BCUT2D eigenvalue weighted by molar-refractivity contribution is -0.121. The number of rotatable bonds is 5. The highest BCUT2D eigenvalue weighted by atomic mass is 35.5. The van der Waals surface area contributed by atoms with E-state index < -0.39 is 0 Å². The van der Waals surface area contributed by atoms with Crippen LogP contribution >= 0.6 is 23.2 Å². The molecule has 1 N–H and O–H groups in total. The fraction of sp³-hybridized carbons (Fsp3) is 0.318. The molecule has 0 radical (unpaired) electrons. The van der Waals surface area contributed by atoms with Crippen LogP contribution in [-0.4, -0.2) is 34.0 Å². The molecule has 3 aromatic rings. The lowest BCUT2D eigenvalue weighted by atomic mass is 9.95. The molecule has 4 rings (SSSR count). The van der Waals surface area contributed by atoms with Crippen molar-refractivity contribution in [1.82, 2.24) is 15.0 Å². The van der Waals surface area contributed by atoms with Gasteiger partial charge in [0.1, 0.15) is 0 Å². The lowest BCUT2D eigenvalue weighted by Gasteiger charge is -2.30. The molecular formula is C22H22Cl2N4O2. The predicted octanol–water partition coefficient (Wildman–Crippen LogP) is 5.20. The van der Waals surface area contributed by atoms with Gasteiger partial charge in [0.25, 0.3) is 0 Å². The largest absolute Gasteiger partial charge is 0.338 e. The maximum atomic E-state index is 12.7. The molecule has 1 fully saturated rings. The zero-order valence-electron chi connectivity index (χ0n) is 16.6. The van der Waals surface area contributed by atoms with Gasteiger partial charge < -0.3 is 9.84 Å². The summed E-state index contributed by atoms with van der Waals surface area (Å²) in [6.07, 6.45) is 1.56. The van der Waals surface area contributed by atoms with Crippen LogP contribution in [0.4, 0.5) is 5.69 Å². The van der Waals surface area contributed by atoms with Crippen molar-refractivity contribution in [3.63, 3.8) is 0 Å². The molecule has 0 atom stereocenters. The van der Waals surface area contributed by atoms with Crippen LogP contribution in [0.2, 0.25) is 10.0 Å². The zero-order valence-corrected chi connectivity index (χ0v) is 18.1. The Balaban J connectivity index is 1.31. The number of benzene rings is 2. The van der Waals surface area contributed by atoms with Crippen molar-refractivity contribution in [2.75, 3.05) is 18.4 Å². The minimum Gasteiger partial charge on any atom is -0.338 e. The number of carbonyl (C=O) groups excluding carboxylic acids is 1. The van der Waals surface area contributed by atoms with E-state index in [9.17, 15) is 4.79 Å². The van der Waals surface area contributed by atoms with Crippen LogP contribution in [0.25, 0.3) is 11.4 Å². The molecule has 2 heterocycles. The summed E-state index contributed by atoms with van der Waals surface area (Å²) in [6.45, 7) is 4.06. The van der Waals surface area contributed by atoms with Crippen LogP contribution in [-0.2, 0) is 11.3 Å². The second-order valence-corrected chi connectivity index (χ2v) is 8.32. The van der Waals surface area contributed by atoms with Gasteiger partial charge in [0, 0.05) is 27.2 Å². The molecule has 6 nitrogen and oxygen atoms in total. The highest BCUT2D eigenvalue weighted by Crippen LogP contribution is 2.26. The zero-order chi connectivity index (χ0) is 21.1. The number of anilines is 1. The van der Waals surface area contributed by atoms with E-state index in [1.165, 1.54) is 0 Å². The van der Waals surface area contributed by atoms with Gasteiger partial charge in [-0.2, -0.15) is 4.98 Å². The third-order valence-corrected chi connectivity index (χ3v) is 6.04. The van der Waals surface area contributed by atoms with Crippen molar-refractivity contribution < 1.29 is 9.32 Å². The summed E-state index contributed by atoms with van der Waals surface area (Å²) in [4.78, 5) is 19.4. The SMILES string of the molecule is Cc1c(Cl)cccc1NC(=O)C1CCN(Cc2nc(-c3cccc(Cl)c3)no2)CC1. The molecule has 0 aliphatic carbocycles. The molecule has 1 amide bonds. The monoisotopic (exact) mass is 444 g/mol. The summed E-state index contributed by atoms with van der Waals surface area (Å²) in [5, 5.41) is 8.35. The maximum Gasteiger partial charge on any atom is 0.241 e. The minimum atomic E-state index is -0.0238. The van der Waals surface area contributed by atoms with E-state index in [0.717, 1.165) is 42.7 Å². The van der Waals surface area contributed by atoms with Crippen molar-refractivity contribution in [2.45, 2.75) is 26.3 Å². The summed E-state index contributed by atoms with van der Waals surface area (Å²) >= 11 is 12.2. The smallest absolute Gasteiger partial charge is 0.241 e. The molecule has 156 valence electrons. The van der Waals surface area contributed by atoms with Crippen LogP contribution in [0.1, 0.15) is 24.3 Å². The highest BCUT2D eigenvalue weighted by Gasteiger charge is 2.26. The van der Waals surface area contributed by atoms with Crippen LogP contribution in [0.3, 0.4) is 0 Å². The van der Waals surface area contributed by atoms with Crippen LogP contribution < -0.4 is 5.32 Å². The third kappa shape index (κ3) is 4.83. The Morgan fingerprint density at radius 3 is 2.73 bits per heavy atom. The average Bonchev–Trinajstić information content (AvgIpc) is 3.20. The fourth-order valence-electron chi connectivity index (χ4n) is 3.59. The molecule has 2 aromatic carbocycles. The molecule has 0 bridgehead atoms. The van der Waals surface area contributed by atoms with Crippen molar-refractivity contribution >= 4 is 34.8 Å². The number of halogens is 2. The van der Waals surface area contributed by atoms with Gasteiger partial charge in [-0.15, -0.1) is 0 Å². The van der Waals surface area contributed by atoms with Crippen molar-refractivity contribution in [3.05, 3.63) is 64.0 Å². The van der Waals surface area contributed by atoms with E-state index in [2.05, 4.69) is 20.4 Å². The summed E-state index contributed by atoms with van der Waals surface area (Å²) in [7, 11) is 0. The number of hydrogen-bond donors (Lipinski definition) is 1. The summed E-state index contributed by atoms with van der Waals surface area (Å²) < 4.78 is 5.40. The van der Waals surface area contributed by atoms with Crippen molar-refractivity contribution in [1.29, 1.82) is 0 Å². The van der Waals surface area contributed by atoms with Gasteiger partial charge in [0.05, 0.1) is 6.54 Å². The number of nitrogens with zero attached hydrogens (tertiary/aromatic N) is 3. The maximum absolute atomic E-state index is 12.7. The van der Waals surface area contributed by atoms with Crippen LogP contribution in [0.5, 0.6) is 0 Å². The van der Waals surface area contributed by atoms with E-state index in [1.807, 2.05) is 43.3 Å². The standard InChI is InChI=1S/C22H22Cl2N4O2/c1-14-18(24)6-3-7-19(14)25-22(29)15-8-10-28(11-9-15)13-20-26-21(27-30-20)16-4-2-5-17(23)12-16/h2-7,12,15H,8-11,13H2,1H3,(H,25,29). The summed E-state index contributed by atoms with van der Waals surface area (Å²) in [5.41, 5.74) is 2.48. The van der Waals surface area contributed by atoms with Gasteiger partial charge in [0.15, 0.2) is 0 Å². The van der Waals surface area contributed by atoms with E-state index in [0.29, 0.717) is 28.3 Å². The number of likely N-dealkylation sites (tertiary alicyclic amines) is 1. The Labute approximate surface area is 185 Å². The number of carbonyl (C=O) groups is 1. The van der Waals surface area contributed by atoms with E-state index in [4.69, 9.17) is 27.7 Å². The van der Waals surface area contributed by atoms with Gasteiger partial charge in [-0.1, -0.05) is 46.6 Å². The molecule has 0 spiro atoms. The second-order valence-electron chi connectivity index (χ2n) is 7.47. The molecule has 1 aliphatic heterocycles. The Morgan fingerprint density at radius 1 is 1.20 bits per heavy atom. The molecule has 1 saturated heterocycles. The lowest BCUT2D eigenvalue weighted by Crippen LogP contribution is -2.37. The highest BCUT2D eigenvalue weighted by molar-refractivity contribution is 6.31. The number of amides is 1. The quantitative estimate of drug-likeness (QED) is 0.585. The van der Waals surface area contributed by atoms with E-state index in [1.54, 1.807) is 6.07 Å². The topological polar surface area (TPSA) is 71.3 Å². The molecule has 1 aliphatic rings. The first-order chi connectivity index (χ1) is 14.5. The number of nitrogens with one attached hydrogen (secondary N) is 1. The van der Waals surface area contributed by atoms with Gasteiger partial charge in [-0.3, -0.25) is 9.69 Å². The van der Waals surface area contributed by atoms with Crippen LogP contribution in [0, 0.1) is 12.8 Å². The second kappa shape index (κ2) is 9.16. The first-order valence-corrected chi connectivity index (χ1v) is 10.6. The van der Waals surface area contributed by atoms with Crippen molar-refractivity contribution in [2.24, 2.45) is 5.92 Å². The van der Waals surface area contributed by atoms with Gasteiger partial charge in [-0.25, -0.2) is 0 Å². The fourth-order valence-corrected chi connectivity index (χ4v) is 3.95. The van der Waals surface area contributed by atoms with E-state index >= 15 is 0 Å².